The van der Waals surface area contributed by atoms with Crippen LogP contribution in [-0.2, 0) is 4.74 Å². The number of rotatable bonds is 1. The largest absolute Gasteiger partial charge is 0.383 e. The molecule has 2 fully saturated rings. The highest BCUT2D eigenvalue weighted by atomic mass is 16.5. The molecule has 3 unspecified atom stereocenters. The Balaban J connectivity index is 2.14. The first-order valence-corrected chi connectivity index (χ1v) is 5.24. The van der Waals surface area contributed by atoms with Crippen LogP contribution < -0.4 is 0 Å². The van der Waals surface area contributed by atoms with Crippen molar-refractivity contribution in [2.45, 2.75) is 44.3 Å². The van der Waals surface area contributed by atoms with Gasteiger partial charge in [-0.2, -0.15) is 0 Å². The highest BCUT2D eigenvalue weighted by Gasteiger charge is 2.47. The lowest BCUT2D eigenvalue weighted by Gasteiger charge is -2.31. The van der Waals surface area contributed by atoms with Gasteiger partial charge in [-0.1, -0.05) is 25.0 Å². The molecule has 2 nitrogen and oxygen atoms in total. The molecule has 74 valence electrons. The van der Waals surface area contributed by atoms with E-state index in [-0.39, 0.29) is 0 Å². The fraction of sp³-hybridized carbons (Fsp3) is 0.818. The molecular formula is C11H18O2. The van der Waals surface area contributed by atoms with Gasteiger partial charge in [0.2, 0.25) is 0 Å². The van der Waals surface area contributed by atoms with E-state index in [9.17, 15) is 5.11 Å². The van der Waals surface area contributed by atoms with Crippen LogP contribution in [0.2, 0.25) is 0 Å². The number of aliphatic hydroxyl groups is 1. The topological polar surface area (TPSA) is 29.5 Å². The molecule has 0 aromatic carbocycles. The standard InChI is InChI=1S/C11H18O2/c1-2-7-11(12)8-13-10-6-4-3-5-9(10)11/h2,7,9-10,12H,3-6,8H2,1H3/b7-2+. The minimum Gasteiger partial charge on any atom is -0.383 e. The molecule has 0 spiro atoms. The van der Waals surface area contributed by atoms with Gasteiger partial charge in [0.15, 0.2) is 0 Å². The number of allylic oxidation sites excluding steroid dienone is 1. The molecule has 0 aromatic heterocycles. The molecular weight excluding hydrogens is 164 g/mol. The van der Waals surface area contributed by atoms with Crippen molar-refractivity contribution >= 4 is 0 Å². The molecule has 1 saturated carbocycles. The molecule has 1 aliphatic heterocycles. The zero-order valence-corrected chi connectivity index (χ0v) is 8.20. The van der Waals surface area contributed by atoms with E-state index >= 15 is 0 Å². The lowest BCUT2D eigenvalue weighted by molar-refractivity contribution is 0.0439. The smallest absolute Gasteiger partial charge is 0.111 e. The average Bonchev–Trinajstić information content (AvgIpc) is 2.46. The normalized spacial score (nSPS) is 45.4. The summed E-state index contributed by atoms with van der Waals surface area (Å²) in [5, 5.41) is 10.3. The Kier molecular flexibility index (Phi) is 2.43. The first-order valence-electron chi connectivity index (χ1n) is 5.24. The zero-order valence-electron chi connectivity index (χ0n) is 8.20. The van der Waals surface area contributed by atoms with Crippen molar-refractivity contribution in [2.75, 3.05) is 6.61 Å². The minimum atomic E-state index is -0.667. The SMILES string of the molecule is C/C=C/C1(O)COC2CCCCC21. The Morgan fingerprint density at radius 1 is 1.38 bits per heavy atom. The maximum atomic E-state index is 10.3. The summed E-state index contributed by atoms with van der Waals surface area (Å²) in [4.78, 5) is 0. The average molecular weight is 182 g/mol. The summed E-state index contributed by atoms with van der Waals surface area (Å²) in [6.45, 7) is 2.45. The predicted molar refractivity (Wildman–Crippen MR) is 51.5 cm³/mol. The highest BCUT2D eigenvalue weighted by molar-refractivity contribution is 5.10. The second-order valence-electron chi connectivity index (χ2n) is 4.23. The van der Waals surface area contributed by atoms with Crippen molar-refractivity contribution in [1.82, 2.24) is 0 Å². The highest BCUT2D eigenvalue weighted by Crippen LogP contribution is 2.41. The first kappa shape index (κ1) is 9.22. The molecule has 2 heteroatoms. The molecule has 3 atom stereocenters. The molecule has 2 rings (SSSR count). The number of hydrogen-bond acceptors (Lipinski definition) is 2. The zero-order chi connectivity index (χ0) is 9.31. The van der Waals surface area contributed by atoms with Crippen LogP contribution in [0.25, 0.3) is 0 Å². The van der Waals surface area contributed by atoms with Crippen LogP contribution in [0.4, 0.5) is 0 Å². The van der Waals surface area contributed by atoms with Crippen molar-refractivity contribution in [3.8, 4) is 0 Å². The van der Waals surface area contributed by atoms with Gasteiger partial charge in [-0.05, 0) is 19.8 Å². The molecule has 2 aliphatic rings. The van der Waals surface area contributed by atoms with Gasteiger partial charge in [0, 0.05) is 5.92 Å². The van der Waals surface area contributed by atoms with Crippen LogP contribution in [0, 0.1) is 5.92 Å². The predicted octanol–water partition coefficient (Wildman–Crippen LogP) is 1.88. The molecule has 0 bridgehead atoms. The van der Waals surface area contributed by atoms with Crippen LogP contribution in [0.1, 0.15) is 32.6 Å². The van der Waals surface area contributed by atoms with Gasteiger partial charge in [0.1, 0.15) is 5.60 Å². The van der Waals surface area contributed by atoms with Gasteiger partial charge < -0.3 is 9.84 Å². The van der Waals surface area contributed by atoms with Crippen molar-refractivity contribution in [1.29, 1.82) is 0 Å². The van der Waals surface area contributed by atoms with E-state index in [0.29, 0.717) is 18.6 Å². The summed E-state index contributed by atoms with van der Waals surface area (Å²) in [7, 11) is 0. The number of hydrogen-bond donors (Lipinski definition) is 1. The molecule has 1 aliphatic carbocycles. The van der Waals surface area contributed by atoms with Gasteiger partial charge in [-0.25, -0.2) is 0 Å². The molecule has 1 N–H and O–H groups in total. The monoisotopic (exact) mass is 182 g/mol. The number of ether oxygens (including phenoxy) is 1. The van der Waals surface area contributed by atoms with E-state index in [4.69, 9.17) is 4.74 Å². The van der Waals surface area contributed by atoms with Crippen LogP contribution in [-0.4, -0.2) is 23.4 Å². The van der Waals surface area contributed by atoms with Gasteiger partial charge in [-0.15, -0.1) is 0 Å². The van der Waals surface area contributed by atoms with Crippen molar-refractivity contribution in [2.24, 2.45) is 5.92 Å². The fourth-order valence-electron chi connectivity index (χ4n) is 2.68. The molecule has 0 aromatic rings. The maximum Gasteiger partial charge on any atom is 0.111 e. The van der Waals surface area contributed by atoms with Crippen LogP contribution >= 0.6 is 0 Å². The van der Waals surface area contributed by atoms with E-state index in [2.05, 4.69) is 0 Å². The van der Waals surface area contributed by atoms with E-state index in [1.54, 1.807) is 0 Å². The van der Waals surface area contributed by atoms with E-state index in [0.717, 1.165) is 12.8 Å². The Morgan fingerprint density at radius 2 is 2.15 bits per heavy atom. The van der Waals surface area contributed by atoms with Crippen molar-refractivity contribution in [3.63, 3.8) is 0 Å². The molecule has 1 heterocycles. The summed E-state index contributed by atoms with van der Waals surface area (Å²) in [6, 6.07) is 0. The minimum absolute atomic E-state index is 0.315. The van der Waals surface area contributed by atoms with Gasteiger partial charge in [0.05, 0.1) is 12.7 Å². The Bertz CT molecular complexity index is 212. The third kappa shape index (κ3) is 1.53. The molecule has 0 amide bonds. The third-order valence-electron chi connectivity index (χ3n) is 3.33. The molecule has 0 radical (unpaired) electrons. The van der Waals surface area contributed by atoms with E-state index < -0.39 is 5.60 Å². The number of fused-ring (bicyclic) bond motifs is 1. The first-order chi connectivity index (χ1) is 6.26. The lowest BCUT2D eigenvalue weighted by atomic mass is 9.77. The second-order valence-corrected chi connectivity index (χ2v) is 4.23. The van der Waals surface area contributed by atoms with Crippen LogP contribution in [0.15, 0.2) is 12.2 Å². The third-order valence-corrected chi connectivity index (χ3v) is 3.33. The van der Waals surface area contributed by atoms with Crippen LogP contribution in [0.5, 0.6) is 0 Å². The van der Waals surface area contributed by atoms with Gasteiger partial charge >= 0.3 is 0 Å². The fourth-order valence-corrected chi connectivity index (χ4v) is 2.68. The van der Waals surface area contributed by atoms with E-state index in [1.165, 1.54) is 12.8 Å². The molecule has 1 saturated heterocycles. The summed E-state index contributed by atoms with van der Waals surface area (Å²) in [6.07, 6.45) is 8.89. The summed E-state index contributed by atoms with van der Waals surface area (Å²) in [5.41, 5.74) is -0.667. The maximum absolute atomic E-state index is 10.3. The summed E-state index contributed by atoms with van der Waals surface area (Å²) < 4.78 is 5.62. The summed E-state index contributed by atoms with van der Waals surface area (Å²) >= 11 is 0. The quantitative estimate of drug-likeness (QED) is 0.627. The van der Waals surface area contributed by atoms with Crippen LogP contribution in [0.3, 0.4) is 0 Å². The Hall–Kier alpha value is -0.340. The van der Waals surface area contributed by atoms with Gasteiger partial charge in [-0.3, -0.25) is 0 Å². The van der Waals surface area contributed by atoms with Crippen molar-refractivity contribution < 1.29 is 9.84 Å². The van der Waals surface area contributed by atoms with Crippen molar-refractivity contribution in [3.05, 3.63) is 12.2 Å². The van der Waals surface area contributed by atoms with Gasteiger partial charge in [0.25, 0.3) is 0 Å². The summed E-state index contributed by atoms with van der Waals surface area (Å²) in [5.74, 6) is 0.345. The van der Waals surface area contributed by atoms with E-state index in [1.807, 2.05) is 19.1 Å². The Labute approximate surface area is 79.6 Å². The Morgan fingerprint density at radius 3 is 2.92 bits per heavy atom. The molecule has 13 heavy (non-hydrogen) atoms. The lowest BCUT2D eigenvalue weighted by Crippen LogP contribution is -2.38. The second kappa shape index (κ2) is 3.43.